The minimum absolute atomic E-state index is 0.0273. The van der Waals surface area contributed by atoms with Crippen LogP contribution in [0.1, 0.15) is 12.5 Å². The van der Waals surface area contributed by atoms with Crippen LogP contribution >= 0.6 is 0 Å². The molecule has 0 bridgehead atoms. The molecular formula is C14H20FN3O2. The van der Waals surface area contributed by atoms with Crippen molar-refractivity contribution in [2.24, 2.45) is 0 Å². The number of hydrogen-bond donors (Lipinski definition) is 2. The van der Waals surface area contributed by atoms with Crippen molar-refractivity contribution in [2.75, 3.05) is 26.7 Å². The average Bonchev–Trinajstić information content (AvgIpc) is 2.36. The van der Waals surface area contributed by atoms with E-state index < -0.39 is 0 Å². The summed E-state index contributed by atoms with van der Waals surface area (Å²) in [5.41, 5.74) is 0.795. The summed E-state index contributed by atoms with van der Waals surface area (Å²) in [6.45, 7) is 2.93. The molecule has 110 valence electrons. The van der Waals surface area contributed by atoms with Gasteiger partial charge in [0, 0.05) is 13.1 Å². The third-order valence-corrected chi connectivity index (χ3v) is 2.58. The molecule has 0 aliphatic carbocycles. The Bertz CT molecular complexity index is 465. The first-order valence-electron chi connectivity index (χ1n) is 6.47. The van der Waals surface area contributed by atoms with E-state index in [0.717, 1.165) is 5.56 Å². The fourth-order valence-corrected chi connectivity index (χ4v) is 1.74. The molecule has 5 nitrogen and oxygen atoms in total. The number of nitrogens with one attached hydrogen (secondary N) is 2. The van der Waals surface area contributed by atoms with Crippen LogP contribution < -0.4 is 10.6 Å². The Labute approximate surface area is 118 Å². The lowest BCUT2D eigenvalue weighted by Gasteiger charge is -2.16. The Morgan fingerprint density at radius 1 is 1.25 bits per heavy atom. The van der Waals surface area contributed by atoms with E-state index in [4.69, 9.17) is 0 Å². The van der Waals surface area contributed by atoms with E-state index in [2.05, 4.69) is 10.6 Å². The van der Waals surface area contributed by atoms with E-state index in [0.29, 0.717) is 13.1 Å². The Morgan fingerprint density at radius 2 is 2.00 bits per heavy atom. The topological polar surface area (TPSA) is 61.4 Å². The maximum absolute atomic E-state index is 13.0. The van der Waals surface area contributed by atoms with Gasteiger partial charge >= 0.3 is 0 Å². The van der Waals surface area contributed by atoms with Gasteiger partial charge in [0.15, 0.2) is 0 Å². The predicted molar refractivity (Wildman–Crippen MR) is 74.4 cm³/mol. The van der Waals surface area contributed by atoms with E-state index in [1.54, 1.807) is 24.1 Å². The molecular weight excluding hydrogens is 261 g/mol. The Hall–Kier alpha value is -1.95. The molecule has 0 atom stereocenters. The van der Waals surface area contributed by atoms with Crippen molar-refractivity contribution in [1.29, 1.82) is 0 Å². The number of hydrogen-bond acceptors (Lipinski definition) is 3. The zero-order valence-corrected chi connectivity index (χ0v) is 11.8. The number of halogens is 1. The van der Waals surface area contributed by atoms with Gasteiger partial charge < -0.3 is 10.6 Å². The first kappa shape index (κ1) is 16.1. The van der Waals surface area contributed by atoms with Crippen LogP contribution in [0.25, 0.3) is 0 Å². The highest BCUT2D eigenvalue weighted by Crippen LogP contribution is 2.05. The summed E-state index contributed by atoms with van der Waals surface area (Å²) in [5.74, 6) is -0.750. The van der Waals surface area contributed by atoms with Gasteiger partial charge in [0.1, 0.15) is 5.82 Å². The standard InChI is InChI=1S/C14H20FN3O2/c1-3-16-13(19)8-17-14(20)10-18(2)9-11-5-4-6-12(15)7-11/h4-7H,3,8-10H2,1-2H3,(H,16,19)(H,17,20). The van der Waals surface area contributed by atoms with E-state index >= 15 is 0 Å². The molecule has 0 aliphatic rings. The van der Waals surface area contributed by atoms with Crippen molar-refractivity contribution < 1.29 is 14.0 Å². The van der Waals surface area contributed by atoms with Crippen LogP contribution in [0.5, 0.6) is 0 Å². The minimum Gasteiger partial charge on any atom is -0.355 e. The normalized spacial score (nSPS) is 10.4. The summed E-state index contributed by atoms with van der Waals surface area (Å²) in [6, 6.07) is 6.24. The molecule has 0 saturated heterocycles. The number of amides is 2. The van der Waals surface area contributed by atoms with Gasteiger partial charge in [-0.15, -0.1) is 0 Å². The summed E-state index contributed by atoms with van der Waals surface area (Å²) < 4.78 is 13.0. The molecule has 2 amide bonds. The Balaban J connectivity index is 2.33. The highest BCUT2D eigenvalue weighted by Gasteiger charge is 2.08. The second-order valence-corrected chi connectivity index (χ2v) is 4.53. The second kappa shape index (κ2) is 8.27. The van der Waals surface area contributed by atoms with Crippen molar-refractivity contribution in [3.8, 4) is 0 Å². The molecule has 0 spiro atoms. The molecule has 0 radical (unpaired) electrons. The molecule has 0 heterocycles. The summed E-state index contributed by atoms with van der Waals surface area (Å²) in [5, 5.41) is 5.12. The molecule has 0 fully saturated rings. The molecule has 0 saturated carbocycles. The zero-order chi connectivity index (χ0) is 15.0. The second-order valence-electron chi connectivity index (χ2n) is 4.53. The lowest BCUT2D eigenvalue weighted by Crippen LogP contribution is -2.41. The Kier molecular flexibility index (Phi) is 6.66. The van der Waals surface area contributed by atoms with Crippen molar-refractivity contribution >= 4 is 11.8 Å². The Morgan fingerprint density at radius 3 is 2.65 bits per heavy atom. The maximum atomic E-state index is 13.0. The lowest BCUT2D eigenvalue weighted by molar-refractivity contribution is -0.126. The fourth-order valence-electron chi connectivity index (χ4n) is 1.74. The molecule has 20 heavy (non-hydrogen) atoms. The van der Waals surface area contributed by atoms with Crippen molar-refractivity contribution in [3.63, 3.8) is 0 Å². The van der Waals surface area contributed by atoms with E-state index in [-0.39, 0.29) is 30.7 Å². The summed E-state index contributed by atoms with van der Waals surface area (Å²) >= 11 is 0. The lowest BCUT2D eigenvalue weighted by atomic mass is 10.2. The van der Waals surface area contributed by atoms with Gasteiger partial charge in [0.25, 0.3) is 0 Å². The molecule has 1 aromatic rings. The molecule has 1 aromatic carbocycles. The summed E-state index contributed by atoms with van der Waals surface area (Å²) in [6.07, 6.45) is 0. The number of carbonyl (C=O) groups is 2. The molecule has 0 unspecified atom stereocenters. The fraction of sp³-hybridized carbons (Fsp3) is 0.429. The van der Waals surface area contributed by atoms with Gasteiger partial charge in [-0.05, 0) is 31.7 Å². The third-order valence-electron chi connectivity index (χ3n) is 2.58. The monoisotopic (exact) mass is 281 g/mol. The molecule has 1 rings (SSSR count). The summed E-state index contributed by atoms with van der Waals surface area (Å²) in [7, 11) is 1.76. The largest absolute Gasteiger partial charge is 0.355 e. The van der Waals surface area contributed by atoms with Gasteiger partial charge in [-0.25, -0.2) is 4.39 Å². The number of likely N-dealkylation sites (N-methyl/N-ethyl adjacent to an activating group) is 2. The van der Waals surface area contributed by atoms with Gasteiger partial charge in [0.2, 0.25) is 11.8 Å². The van der Waals surface area contributed by atoms with Crippen LogP contribution in [-0.4, -0.2) is 43.4 Å². The zero-order valence-electron chi connectivity index (χ0n) is 11.8. The number of benzene rings is 1. The predicted octanol–water partition coefficient (Wildman–Crippen LogP) is 0.510. The van der Waals surface area contributed by atoms with E-state index in [9.17, 15) is 14.0 Å². The molecule has 0 aliphatic heterocycles. The number of carbonyl (C=O) groups excluding carboxylic acids is 2. The van der Waals surface area contributed by atoms with Crippen LogP contribution in [0, 0.1) is 5.82 Å². The minimum atomic E-state index is -0.295. The first-order valence-corrected chi connectivity index (χ1v) is 6.47. The molecule has 0 aromatic heterocycles. The number of rotatable bonds is 7. The molecule has 6 heteroatoms. The van der Waals surface area contributed by atoms with E-state index in [1.807, 2.05) is 6.92 Å². The van der Waals surface area contributed by atoms with Crippen LogP contribution in [0.2, 0.25) is 0 Å². The van der Waals surface area contributed by atoms with Crippen LogP contribution in [0.15, 0.2) is 24.3 Å². The summed E-state index contributed by atoms with van der Waals surface area (Å²) in [4.78, 5) is 24.5. The van der Waals surface area contributed by atoms with Gasteiger partial charge in [-0.3, -0.25) is 14.5 Å². The van der Waals surface area contributed by atoms with Gasteiger partial charge in [-0.2, -0.15) is 0 Å². The maximum Gasteiger partial charge on any atom is 0.239 e. The van der Waals surface area contributed by atoms with Crippen molar-refractivity contribution in [1.82, 2.24) is 15.5 Å². The quantitative estimate of drug-likeness (QED) is 0.765. The van der Waals surface area contributed by atoms with Crippen LogP contribution in [0.3, 0.4) is 0 Å². The van der Waals surface area contributed by atoms with Crippen LogP contribution in [0.4, 0.5) is 4.39 Å². The highest BCUT2D eigenvalue weighted by molar-refractivity contribution is 5.85. The van der Waals surface area contributed by atoms with Crippen LogP contribution in [-0.2, 0) is 16.1 Å². The van der Waals surface area contributed by atoms with E-state index in [1.165, 1.54) is 12.1 Å². The van der Waals surface area contributed by atoms with Crippen molar-refractivity contribution in [3.05, 3.63) is 35.6 Å². The van der Waals surface area contributed by atoms with Gasteiger partial charge in [0.05, 0.1) is 13.1 Å². The third kappa shape index (κ3) is 6.29. The molecule has 2 N–H and O–H groups in total. The smallest absolute Gasteiger partial charge is 0.239 e. The average molecular weight is 281 g/mol. The SMILES string of the molecule is CCNC(=O)CNC(=O)CN(C)Cc1cccc(F)c1. The number of nitrogens with zero attached hydrogens (tertiary/aromatic N) is 1. The van der Waals surface area contributed by atoms with Gasteiger partial charge in [-0.1, -0.05) is 12.1 Å². The highest BCUT2D eigenvalue weighted by atomic mass is 19.1. The van der Waals surface area contributed by atoms with Crippen molar-refractivity contribution in [2.45, 2.75) is 13.5 Å². The first-order chi connectivity index (χ1) is 9.51.